The van der Waals surface area contributed by atoms with E-state index >= 15 is 0 Å². The Hall–Kier alpha value is -1.26. The molecule has 18 heavy (non-hydrogen) atoms. The number of aliphatic hydroxyl groups is 1. The highest BCUT2D eigenvalue weighted by Gasteiger charge is 2.29. The van der Waals surface area contributed by atoms with E-state index in [1.807, 2.05) is 0 Å². The molecule has 0 aliphatic carbocycles. The SMILES string of the molecule is CC(C)(C)N(CC(O)c1ccccc1Cl)C(=O)O. The minimum Gasteiger partial charge on any atom is -0.465 e. The lowest BCUT2D eigenvalue weighted by molar-refractivity contribution is 0.0556. The number of carbonyl (C=O) groups is 1. The van der Waals surface area contributed by atoms with Crippen LogP contribution in [0.1, 0.15) is 32.4 Å². The molecule has 0 saturated heterocycles. The van der Waals surface area contributed by atoms with Crippen molar-refractivity contribution in [2.75, 3.05) is 6.54 Å². The first kappa shape index (κ1) is 14.8. The number of amides is 1. The third kappa shape index (κ3) is 3.62. The molecular formula is C13H18ClNO3. The van der Waals surface area contributed by atoms with Crippen molar-refractivity contribution >= 4 is 17.7 Å². The van der Waals surface area contributed by atoms with Crippen molar-refractivity contribution in [3.63, 3.8) is 0 Å². The zero-order chi connectivity index (χ0) is 13.9. The van der Waals surface area contributed by atoms with Gasteiger partial charge in [-0.1, -0.05) is 29.8 Å². The van der Waals surface area contributed by atoms with Gasteiger partial charge in [0, 0.05) is 16.1 Å². The minimum absolute atomic E-state index is 0.0113. The number of carboxylic acid groups (broad SMARTS) is 1. The van der Waals surface area contributed by atoms with Crippen molar-refractivity contribution in [2.45, 2.75) is 32.4 Å². The van der Waals surface area contributed by atoms with Gasteiger partial charge in [0.2, 0.25) is 0 Å². The Labute approximate surface area is 112 Å². The fourth-order valence-electron chi connectivity index (χ4n) is 1.66. The number of benzene rings is 1. The first-order valence-corrected chi connectivity index (χ1v) is 6.04. The Morgan fingerprint density at radius 1 is 1.39 bits per heavy atom. The summed E-state index contributed by atoms with van der Waals surface area (Å²) in [6.45, 7) is 5.32. The average molecular weight is 272 g/mol. The molecule has 0 aromatic heterocycles. The number of aliphatic hydroxyl groups excluding tert-OH is 1. The van der Waals surface area contributed by atoms with Crippen LogP contribution < -0.4 is 0 Å². The van der Waals surface area contributed by atoms with Crippen LogP contribution in [-0.2, 0) is 0 Å². The van der Waals surface area contributed by atoms with Crippen LogP contribution in [0.2, 0.25) is 5.02 Å². The van der Waals surface area contributed by atoms with E-state index in [0.717, 1.165) is 0 Å². The summed E-state index contributed by atoms with van der Waals surface area (Å²) >= 11 is 5.97. The van der Waals surface area contributed by atoms with E-state index < -0.39 is 17.7 Å². The molecule has 2 N–H and O–H groups in total. The average Bonchev–Trinajstić information content (AvgIpc) is 2.24. The van der Waals surface area contributed by atoms with E-state index in [1.165, 1.54) is 4.90 Å². The second kappa shape index (κ2) is 5.59. The van der Waals surface area contributed by atoms with Crippen LogP contribution >= 0.6 is 11.6 Å². The van der Waals surface area contributed by atoms with E-state index in [0.29, 0.717) is 10.6 Å². The molecular weight excluding hydrogens is 254 g/mol. The molecule has 0 bridgehead atoms. The molecule has 0 radical (unpaired) electrons. The molecule has 0 spiro atoms. The van der Waals surface area contributed by atoms with Crippen LogP contribution in [0.25, 0.3) is 0 Å². The van der Waals surface area contributed by atoms with Gasteiger partial charge in [-0.05, 0) is 26.8 Å². The van der Waals surface area contributed by atoms with Crippen LogP contribution in [0.15, 0.2) is 24.3 Å². The summed E-state index contributed by atoms with van der Waals surface area (Å²) in [4.78, 5) is 12.4. The van der Waals surface area contributed by atoms with Gasteiger partial charge >= 0.3 is 6.09 Å². The summed E-state index contributed by atoms with van der Waals surface area (Å²) < 4.78 is 0. The highest BCUT2D eigenvalue weighted by atomic mass is 35.5. The van der Waals surface area contributed by atoms with Crippen molar-refractivity contribution in [3.8, 4) is 0 Å². The third-order valence-electron chi connectivity index (χ3n) is 2.66. The summed E-state index contributed by atoms with van der Waals surface area (Å²) in [7, 11) is 0. The van der Waals surface area contributed by atoms with Crippen molar-refractivity contribution < 1.29 is 15.0 Å². The molecule has 1 atom stereocenters. The number of β-amino-alcohol motifs (C(OH)–C–C–N with tert-alkyl or cyclic N) is 1. The summed E-state index contributed by atoms with van der Waals surface area (Å²) in [5.41, 5.74) is -0.0386. The Morgan fingerprint density at radius 3 is 2.39 bits per heavy atom. The van der Waals surface area contributed by atoms with Crippen molar-refractivity contribution in [1.82, 2.24) is 4.90 Å². The molecule has 1 aromatic carbocycles. The smallest absolute Gasteiger partial charge is 0.407 e. The van der Waals surface area contributed by atoms with E-state index in [4.69, 9.17) is 16.7 Å². The number of halogens is 1. The van der Waals surface area contributed by atoms with Crippen molar-refractivity contribution in [1.29, 1.82) is 0 Å². The molecule has 4 nitrogen and oxygen atoms in total. The molecule has 1 amide bonds. The number of nitrogens with zero attached hydrogens (tertiary/aromatic N) is 1. The minimum atomic E-state index is -1.06. The van der Waals surface area contributed by atoms with Crippen molar-refractivity contribution in [2.24, 2.45) is 0 Å². The Balaban J connectivity index is 2.89. The summed E-state index contributed by atoms with van der Waals surface area (Å²) in [5, 5.41) is 19.7. The molecule has 100 valence electrons. The van der Waals surface area contributed by atoms with Gasteiger partial charge in [0.25, 0.3) is 0 Å². The second-order valence-corrected chi connectivity index (χ2v) is 5.51. The predicted octanol–water partition coefficient (Wildman–Crippen LogP) is 3.15. The summed E-state index contributed by atoms with van der Waals surface area (Å²) in [6, 6.07) is 6.88. The maximum absolute atomic E-state index is 11.2. The molecule has 1 aromatic rings. The van der Waals surface area contributed by atoms with Crippen LogP contribution in [-0.4, -0.2) is 33.3 Å². The lowest BCUT2D eigenvalue weighted by Gasteiger charge is -2.34. The molecule has 1 rings (SSSR count). The summed E-state index contributed by atoms with van der Waals surface area (Å²) in [6.07, 6.45) is -2.00. The largest absolute Gasteiger partial charge is 0.465 e. The topological polar surface area (TPSA) is 60.8 Å². The zero-order valence-electron chi connectivity index (χ0n) is 10.7. The standard InChI is InChI=1S/C13H18ClNO3/c1-13(2,3)15(12(17)18)8-11(16)9-6-4-5-7-10(9)14/h4-7,11,16H,8H2,1-3H3,(H,17,18). The Bertz CT molecular complexity index is 428. The molecule has 1 unspecified atom stereocenters. The van der Waals surface area contributed by atoms with Crippen LogP contribution in [0, 0.1) is 0 Å². The predicted molar refractivity (Wildman–Crippen MR) is 70.9 cm³/mol. The molecule has 0 aliphatic rings. The fraction of sp³-hybridized carbons (Fsp3) is 0.462. The highest BCUT2D eigenvalue weighted by Crippen LogP contribution is 2.25. The van der Waals surface area contributed by atoms with E-state index in [2.05, 4.69) is 0 Å². The lowest BCUT2D eigenvalue weighted by atomic mass is 10.0. The third-order valence-corrected chi connectivity index (χ3v) is 3.00. The lowest BCUT2D eigenvalue weighted by Crippen LogP contribution is -2.47. The van der Waals surface area contributed by atoms with Gasteiger partial charge in [0.15, 0.2) is 0 Å². The van der Waals surface area contributed by atoms with Gasteiger partial charge in [-0.25, -0.2) is 4.79 Å². The number of hydrogen-bond donors (Lipinski definition) is 2. The molecule has 0 fully saturated rings. The normalized spacial score (nSPS) is 13.2. The monoisotopic (exact) mass is 271 g/mol. The number of hydrogen-bond acceptors (Lipinski definition) is 2. The summed E-state index contributed by atoms with van der Waals surface area (Å²) in [5.74, 6) is 0. The maximum atomic E-state index is 11.2. The van der Waals surface area contributed by atoms with Gasteiger partial charge in [-0.2, -0.15) is 0 Å². The molecule has 0 saturated carbocycles. The fourth-order valence-corrected chi connectivity index (χ4v) is 1.92. The van der Waals surface area contributed by atoms with Gasteiger partial charge in [0.05, 0.1) is 12.6 Å². The van der Waals surface area contributed by atoms with Crippen molar-refractivity contribution in [3.05, 3.63) is 34.9 Å². The van der Waals surface area contributed by atoms with E-state index in [9.17, 15) is 9.90 Å². The molecule has 0 aliphatic heterocycles. The van der Waals surface area contributed by atoms with E-state index in [-0.39, 0.29) is 6.54 Å². The molecule has 0 heterocycles. The highest BCUT2D eigenvalue weighted by molar-refractivity contribution is 6.31. The maximum Gasteiger partial charge on any atom is 0.407 e. The van der Waals surface area contributed by atoms with Gasteiger partial charge < -0.3 is 15.1 Å². The van der Waals surface area contributed by atoms with Gasteiger partial charge in [-0.15, -0.1) is 0 Å². The second-order valence-electron chi connectivity index (χ2n) is 5.10. The quantitative estimate of drug-likeness (QED) is 0.888. The van der Waals surface area contributed by atoms with Crippen LogP contribution in [0.3, 0.4) is 0 Å². The first-order valence-electron chi connectivity index (χ1n) is 5.66. The van der Waals surface area contributed by atoms with Gasteiger partial charge in [0.1, 0.15) is 0 Å². The molecule has 5 heteroatoms. The van der Waals surface area contributed by atoms with Crippen LogP contribution in [0.5, 0.6) is 0 Å². The number of rotatable bonds is 3. The zero-order valence-corrected chi connectivity index (χ0v) is 11.5. The van der Waals surface area contributed by atoms with Gasteiger partial charge in [-0.3, -0.25) is 0 Å². The van der Waals surface area contributed by atoms with E-state index in [1.54, 1.807) is 45.0 Å². The Kier molecular flexibility index (Phi) is 4.59. The van der Waals surface area contributed by atoms with Crippen LogP contribution in [0.4, 0.5) is 4.79 Å². The first-order chi connectivity index (χ1) is 8.23. The Morgan fingerprint density at radius 2 is 1.94 bits per heavy atom.